The van der Waals surface area contributed by atoms with Crippen LogP contribution in [0.15, 0.2) is 48.5 Å². The number of nitrogens with zero attached hydrogens (tertiary/aromatic N) is 1. The van der Waals surface area contributed by atoms with Crippen molar-refractivity contribution >= 4 is 17.7 Å². The number of hydrogen-bond acceptors (Lipinski definition) is 4. The van der Waals surface area contributed by atoms with E-state index in [1.165, 1.54) is 11.8 Å². The maximum absolute atomic E-state index is 13.4. The van der Waals surface area contributed by atoms with E-state index in [-0.39, 0.29) is 23.9 Å². The van der Waals surface area contributed by atoms with Crippen LogP contribution in [0.2, 0.25) is 0 Å². The third-order valence-corrected chi connectivity index (χ3v) is 5.58. The largest absolute Gasteiger partial charge is 0.369 e. The second-order valence-corrected chi connectivity index (χ2v) is 8.19. The Labute approximate surface area is 191 Å². The van der Waals surface area contributed by atoms with Crippen molar-refractivity contribution in [2.24, 2.45) is 0 Å². The molecule has 4 atom stereocenters. The molecular formula is C24H27F2N3O4. The highest BCUT2D eigenvalue weighted by atomic mass is 19.1. The van der Waals surface area contributed by atoms with Crippen molar-refractivity contribution in [1.82, 2.24) is 15.5 Å². The Morgan fingerprint density at radius 3 is 2.42 bits per heavy atom. The molecule has 2 N–H and O–H groups in total. The van der Waals surface area contributed by atoms with Gasteiger partial charge in [-0.3, -0.25) is 14.4 Å². The van der Waals surface area contributed by atoms with Gasteiger partial charge in [0.15, 0.2) is 0 Å². The molecule has 2 aromatic rings. The quantitative estimate of drug-likeness (QED) is 0.693. The van der Waals surface area contributed by atoms with Gasteiger partial charge in [-0.1, -0.05) is 30.3 Å². The Morgan fingerprint density at radius 1 is 1.15 bits per heavy atom. The number of carbonyl (C=O) groups is 3. The number of likely N-dealkylation sites (N-methyl/N-ethyl adjacent to an activating group) is 1. The maximum atomic E-state index is 13.4. The topological polar surface area (TPSA) is 87.7 Å². The van der Waals surface area contributed by atoms with Crippen molar-refractivity contribution in [3.05, 3.63) is 71.3 Å². The van der Waals surface area contributed by atoms with Crippen LogP contribution in [0.5, 0.6) is 0 Å². The molecule has 0 aromatic heterocycles. The summed E-state index contributed by atoms with van der Waals surface area (Å²) in [5, 5.41) is 5.21. The molecular weight excluding hydrogens is 432 g/mol. The van der Waals surface area contributed by atoms with Crippen LogP contribution in [0.4, 0.5) is 8.78 Å². The first kappa shape index (κ1) is 24.3. The minimum atomic E-state index is -0.994. The molecule has 3 amide bonds. The van der Waals surface area contributed by atoms with Crippen LogP contribution in [0, 0.1) is 11.6 Å². The first-order valence-corrected chi connectivity index (χ1v) is 10.6. The van der Waals surface area contributed by atoms with Gasteiger partial charge in [0.2, 0.25) is 17.7 Å². The van der Waals surface area contributed by atoms with Crippen LogP contribution in [0.25, 0.3) is 0 Å². The van der Waals surface area contributed by atoms with Crippen molar-refractivity contribution in [3.63, 3.8) is 0 Å². The third kappa shape index (κ3) is 6.13. The molecule has 3 rings (SSSR count). The smallest absolute Gasteiger partial charge is 0.248 e. The predicted molar refractivity (Wildman–Crippen MR) is 117 cm³/mol. The number of ether oxygens (including phenoxy) is 1. The third-order valence-electron chi connectivity index (χ3n) is 5.58. The summed E-state index contributed by atoms with van der Waals surface area (Å²) >= 11 is 0. The van der Waals surface area contributed by atoms with E-state index in [1.807, 2.05) is 37.3 Å². The average Bonchev–Trinajstić information content (AvgIpc) is 2.86. The number of hydrogen-bond donors (Lipinski definition) is 2. The van der Waals surface area contributed by atoms with E-state index < -0.39 is 41.6 Å². The second kappa shape index (κ2) is 10.5. The van der Waals surface area contributed by atoms with Gasteiger partial charge < -0.3 is 20.3 Å². The summed E-state index contributed by atoms with van der Waals surface area (Å²) in [4.78, 5) is 39.8. The zero-order valence-electron chi connectivity index (χ0n) is 18.7. The molecule has 1 aliphatic rings. The Balaban J connectivity index is 1.70. The summed E-state index contributed by atoms with van der Waals surface area (Å²) in [7, 11) is 1.65. The number of rotatable bonds is 6. The van der Waals surface area contributed by atoms with Gasteiger partial charge in [-0.05, 0) is 37.1 Å². The molecule has 0 bridgehead atoms. The Bertz CT molecular complexity index is 998. The minimum Gasteiger partial charge on any atom is -0.369 e. The van der Waals surface area contributed by atoms with Crippen molar-refractivity contribution in [3.8, 4) is 0 Å². The van der Waals surface area contributed by atoms with Gasteiger partial charge in [0.25, 0.3) is 0 Å². The highest BCUT2D eigenvalue weighted by Crippen LogP contribution is 2.26. The Kier molecular flexibility index (Phi) is 7.75. The van der Waals surface area contributed by atoms with E-state index in [4.69, 9.17) is 4.74 Å². The molecule has 0 spiro atoms. The lowest BCUT2D eigenvalue weighted by molar-refractivity contribution is -0.138. The number of amides is 3. The number of carbonyl (C=O) groups excluding carboxylic acids is 3. The standard InChI is InChI=1S/C24H27F2N3O4/c1-14-13-33-22(17-7-5-4-6-8-17)21(24(32)29(14)3)28-23(31)15(2)27-20(30)11-16-9-18(25)12-19(26)10-16/h4-10,12,14-15,21-22H,11,13H2,1-3H3,(H,27,30)(H,28,31)/t14-,15+,21+,22-/m1/s1. The van der Waals surface area contributed by atoms with E-state index in [0.29, 0.717) is 12.7 Å². The van der Waals surface area contributed by atoms with Crippen molar-refractivity contribution < 1.29 is 27.9 Å². The van der Waals surface area contributed by atoms with E-state index in [1.54, 1.807) is 7.05 Å². The van der Waals surface area contributed by atoms with Gasteiger partial charge in [-0.2, -0.15) is 0 Å². The molecule has 33 heavy (non-hydrogen) atoms. The zero-order chi connectivity index (χ0) is 24.1. The molecule has 0 aliphatic carbocycles. The zero-order valence-corrected chi connectivity index (χ0v) is 18.7. The number of nitrogens with one attached hydrogen (secondary N) is 2. The fraction of sp³-hybridized carbons (Fsp3) is 0.375. The van der Waals surface area contributed by atoms with Crippen LogP contribution >= 0.6 is 0 Å². The normalized spacial score (nSPS) is 21.8. The van der Waals surface area contributed by atoms with E-state index in [0.717, 1.165) is 17.7 Å². The summed E-state index contributed by atoms with van der Waals surface area (Å²) in [5.74, 6) is -3.06. The predicted octanol–water partition coefficient (Wildman–Crippen LogP) is 2.12. The van der Waals surface area contributed by atoms with E-state index in [2.05, 4.69) is 10.6 Å². The van der Waals surface area contributed by atoms with Gasteiger partial charge in [-0.15, -0.1) is 0 Å². The fourth-order valence-electron chi connectivity index (χ4n) is 3.62. The molecule has 0 radical (unpaired) electrons. The molecule has 9 heteroatoms. The lowest BCUT2D eigenvalue weighted by Crippen LogP contribution is -2.55. The van der Waals surface area contributed by atoms with Crippen LogP contribution in [0.1, 0.15) is 31.1 Å². The van der Waals surface area contributed by atoms with Crippen molar-refractivity contribution in [1.29, 1.82) is 0 Å². The first-order chi connectivity index (χ1) is 15.7. The Morgan fingerprint density at radius 2 is 1.79 bits per heavy atom. The Hall–Kier alpha value is -3.33. The summed E-state index contributed by atoms with van der Waals surface area (Å²) < 4.78 is 32.7. The number of benzene rings is 2. The molecule has 176 valence electrons. The lowest BCUT2D eigenvalue weighted by atomic mass is 10.0. The molecule has 0 saturated carbocycles. The molecule has 1 saturated heterocycles. The van der Waals surface area contributed by atoms with Gasteiger partial charge in [-0.25, -0.2) is 8.78 Å². The fourth-order valence-corrected chi connectivity index (χ4v) is 3.62. The van der Waals surface area contributed by atoms with Crippen LogP contribution in [0.3, 0.4) is 0 Å². The monoisotopic (exact) mass is 459 g/mol. The van der Waals surface area contributed by atoms with Gasteiger partial charge in [0, 0.05) is 13.1 Å². The number of halogens is 2. The molecule has 0 unspecified atom stereocenters. The molecule has 1 aliphatic heterocycles. The average molecular weight is 459 g/mol. The molecule has 2 aromatic carbocycles. The summed E-state index contributed by atoms with van der Waals surface area (Å²) in [6.07, 6.45) is -1.00. The van der Waals surface area contributed by atoms with E-state index in [9.17, 15) is 23.2 Å². The molecule has 1 fully saturated rings. The van der Waals surface area contributed by atoms with Crippen molar-refractivity contribution in [2.45, 2.75) is 44.5 Å². The second-order valence-electron chi connectivity index (χ2n) is 8.19. The molecule has 7 nitrogen and oxygen atoms in total. The summed E-state index contributed by atoms with van der Waals surface area (Å²) in [6, 6.07) is 9.75. The van der Waals surface area contributed by atoms with Crippen LogP contribution in [-0.4, -0.2) is 54.4 Å². The SMILES string of the molecule is C[C@H](NC(=O)Cc1cc(F)cc(F)c1)C(=O)N[C@@H]1C(=O)N(C)[C@H](C)CO[C@@H]1c1ccccc1. The highest BCUT2D eigenvalue weighted by Gasteiger charge is 2.39. The lowest BCUT2D eigenvalue weighted by Gasteiger charge is -2.28. The summed E-state index contributed by atoms with van der Waals surface area (Å²) in [6.45, 7) is 3.61. The molecule has 1 heterocycles. The highest BCUT2D eigenvalue weighted by molar-refractivity contribution is 5.92. The van der Waals surface area contributed by atoms with Crippen LogP contribution < -0.4 is 10.6 Å². The van der Waals surface area contributed by atoms with Gasteiger partial charge in [0.05, 0.1) is 19.1 Å². The van der Waals surface area contributed by atoms with Crippen LogP contribution in [-0.2, 0) is 25.5 Å². The van der Waals surface area contributed by atoms with E-state index >= 15 is 0 Å². The van der Waals surface area contributed by atoms with Crippen molar-refractivity contribution in [2.75, 3.05) is 13.7 Å². The van der Waals surface area contributed by atoms with Gasteiger partial charge >= 0.3 is 0 Å². The maximum Gasteiger partial charge on any atom is 0.248 e. The van der Waals surface area contributed by atoms with Gasteiger partial charge in [0.1, 0.15) is 29.8 Å². The first-order valence-electron chi connectivity index (χ1n) is 10.6. The summed E-state index contributed by atoms with van der Waals surface area (Å²) in [5.41, 5.74) is 0.883. The minimum absolute atomic E-state index is 0.143.